The van der Waals surface area contributed by atoms with Gasteiger partial charge in [-0.25, -0.2) is 0 Å². The van der Waals surface area contributed by atoms with Gasteiger partial charge in [-0.05, 0) is 43.8 Å². The minimum Gasteiger partial charge on any atom is -0.357 e. The summed E-state index contributed by atoms with van der Waals surface area (Å²) in [7, 11) is 0. The normalized spacial score (nSPS) is 18.7. The highest BCUT2D eigenvalue weighted by Crippen LogP contribution is 2.26. The maximum Gasteiger partial charge on any atom is 0.193 e. The van der Waals surface area contributed by atoms with Crippen LogP contribution in [0.4, 0.5) is 0 Å². The summed E-state index contributed by atoms with van der Waals surface area (Å²) in [4.78, 5) is 7.24. The molecule has 22 heavy (non-hydrogen) atoms. The fourth-order valence-corrected chi connectivity index (χ4v) is 3.41. The monoisotopic (exact) mass is 319 g/mol. The summed E-state index contributed by atoms with van der Waals surface area (Å²) in [5.41, 5.74) is 1.46. The number of aliphatic imine (C=N–C) groups is 1. The highest BCUT2D eigenvalue weighted by molar-refractivity contribution is 7.98. The molecule has 1 unspecified atom stereocenters. The molecule has 0 amide bonds. The number of unbranched alkanes of at least 4 members (excludes halogenated alkanes) is 1. The van der Waals surface area contributed by atoms with E-state index in [9.17, 15) is 0 Å². The highest BCUT2D eigenvalue weighted by atomic mass is 32.2. The molecule has 1 fully saturated rings. The molecule has 1 heterocycles. The summed E-state index contributed by atoms with van der Waals surface area (Å²) in [5, 5.41) is 3.46. The maximum absolute atomic E-state index is 4.82. The van der Waals surface area contributed by atoms with E-state index < -0.39 is 0 Å². The van der Waals surface area contributed by atoms with Gasteiger partial charge in [-0.2, -0.15) is 11.8 Å². The van der Waals surface area contributed by atoms with E-state index in [0.29, 0.717) is 5.92 Å². The number of hydrogen-bond donors (Lipinski definition) is 1. The molecule has 1 aromatic rings. The van der Waals surface area contributed by atoms with Crippen LogP contribution in [-0.4, -0.2) is 49.0 Å². The first kappa shape index (κ1) is 17.2. The third-order valence-corrected chi connectivity index (χ3v) is 4.81. The molecule has 1 aliphatic heterocycles. The molecule has 3 nitrogen and oxygen atoms in total. The minimum atomic E-state index is 0.640. The summed E-state index contributed by atoms with van der Waals surface area (Å²) in [6.45, 7) is 6.22. The Morgan fingerprint density at radius 2 is 2.14 bits per heavy atom. The van der Waals surface area contributed by atoms with Crippen LogP contribution in [-0.2, 0) is 0 Å². The Hall–Kier alpha value is -1.16. The lowest BCUT2D eigenvalue weighted by Crippen LogP contribution is -2.40. The van der Waals surface area contributed by atoms with Crippen LogP contribution in [0.2, 0.25) is 0 Å². The molecule has 0 aromatic heterocycles. The van der Waals surface area contributed by atoms with Crippen molar-refractivity contribution in [1.29, 1.82) is 0 Å². The van der Waals surface area contributed by atoms with Gasteiger partial charge in [0.1, 0.15) is 0 Å². The van der Waals surface area contributed by atoms with Crippen molar-refractivity contribution in [2.45, 2.75) is 32.1 Å². The molecule has 4 heteroatoms. The molecule has 0 bridgehead atoms. The van der Waals surface area contributed by atoms with Crippen molar-refractivity contribution in [3.8, 4) is 0 Å². The highest BCUT2D eigenvalue weighted by Gasteiger charge is 2.25. The van der Waals surface area contributed by atoms with Crippen LogP contribution >= 0.6 is 11.8 Å². The van der Waals surface area contributed by atoms with E-state index in [1.54, 1.807) is 0 Å². The smallest absolute Gasteiger partial charge is 0.193 e. The van der Waals surface area contributed by atoms with Crippen molar-refractivity contribution in [3.63, 3.8) is 0 Å². The number of nitrogens with one attached hydrogen (secondary N) is 1. The number of rotatable bonds is 7. The number of benzene rings is 1. The van der Waals surface area contributed by atoms with Gasteiger partial charge in [-0.15, -0.1) is 0 Å². The second-order valence-electron chi connectivity index (χ2n) is 5.78. The van der Waals surface area contributed by atoms with E-state index in [-0.39, 0.29) is 0 Å². The van der Waals surface area contributed by atoms with Crippen molar-refractivity contribution >= 4 is 17.7 Å². The predicted octanol–water partition coefficient (Wildman–Crippen LogP) is 3.58. The second kappa shape index (κ2) is 9.78. The Bertz CT molecular complexity index is 447. The van der Waals surface area contributed by atoms with E-state index in [4.69, 9.17) is 4.99 Å². The fraction of sp³-hybridized carbons (Fsp3) is 0.611. The van der Waals surface area contributed by atoms with Crippen molar-refractivity contribution in [2.24, 2.45) is 4.99 Å². The van der Waals surface area contributed by atoms with E-state index in [2.05, 4.69) is 53.7 Å². The predicted molar refractivity (Wildman–Crippen MR) is 99.0 cm³/mol. The lowest BCUT2D eigenvalue weighted by Gasteiger charge is -2.21. The second-order valence-corrected chi connectivity index (χ2v) is 6.76. The average molecular weight is 320 g/mol. The van der Waals surface area contributed by atoms with E-state index in [1.807, 2.05) is 11.8 Å². The lowest BCUT2D eigenvalue weighted by atomic mass is 9.99. The summed E-state index contributed by atoms with van der Waals surface area (Å²) < 4.78 is 0. The zero-order chi connectivity index (χ0) is 15.6. The van der Waals surface area contributed by atoms with Crippen molar-refractivity contribution in [3.05, 3.63) is 35.9 Å². The van der Waals surface area contributed by atoms with Gasteiger partial charge in [0.05, 0.1) is 0 Å². The van der Waals surface area contributed by atoms with Crippen molar-refractivity contribution in [2.75, 3.05) is 38.2 Å². The van der Waals surface area contributed by atoms with E-state index >= 15 is 0 Å². The van der Waals surface area contributed by atoms with Gasteiger partial charge in [0.15, 0.2) is 5.96 Å². The van der Waals surface area contributed by atoms with Crippen LogP contribution < -0.4 is 5.32 Å². The van der Waals surface area contributed by atoms with Gasteiger partial charge in [-0.1, -0.05) is 30.3 Å². The van der Waals surface area contributed by atoms with Crippen LogP contribution in [0.5, 0.6) is 0 Å². The third-order valence-electron chi connectivity index (χ3n) is 4.11. The molecule has 0 aliphatic carbocycles. The maximum atomic E-state index is 4.82. The lowest BCUT2D eigenvalue weighted by molar-refractivity contribution is 0.485. The number of nitrogens with zero attached hydrogens (tertiary/aromatic N) is 2. The molecule has 1 saturated heterocycles. The zero-order valence-electron chi connectivity index (χ0n) is 13.9. The average Bonchev–Trinajstić information content (AvgIpc) is 3.04. The molecule has 1 atom stereocenters. The van der Waals surface area contributed by atoms with Crippen LogP contribution in [0.15, 0.2) is 35.3 Å². The number of thioether (sulfide) groups is 1. The summed E-state index contributed by atoms with van der Waals surface area (Å²) in [6.07, 6.45) is 5.84. The quantitative estimate of drug-likeness (QED) is 0.473. The molecule has 0 radical (unpaired) electrons. The Morgan fingerprint density at radius 1 is 1.32 bits per heavy atom. The topological polar surface area (TPSA) is 27.6 Å². The number of guanidine groups is 1. The number of hydrogen-bond acceptors (Lipinski definition) is 2. The molecule has 122 valence electrons. The fourth-order valence-electron chi connectivity index (χ4n) is 2.92. The molecular formula is C18H29N3S. The first-order valence-corrected chi connectivity index (χ1v) is 9.81. The van der Waals surface area contributed by atoms with Gasteiger partial charge >= 0.3 is 0 Å². The first-order valence-electron chi connectivity index (χ1n) is 8.42. The van der Waals surface area contributed by atoms with Gasteiger partial charge < -0.3 is 10.2 Å². The van der Waals surface area contributed by atoms with Gasteiger partial charge in [0.25, 0.3) is 0 Å². The van der Waals surface area contributed by atoms with Crippen LogP contribution in [0.25, 0.3) is 0 Å². The minimum absolute atomic E-state index is 0.640. The first-order chi connectivity index (χ1) is 10.8. The van der Waals surface area contributed by atoms with Crippen molar-refractivity contribution < 1.29 is 0 Å². The number of likely N-dealkylation sites (tertiary alicyclic amines) is 1. The SMILES string of the molecule is CCNC(=NCCCCSC)N1CCC(c2ccccc2)C1. The Morgan fingerprint density at radius 3 is 2.86 bits per heavy atom. The standard InChI is InChI=1S/C18H29N3S/c1-3-19-18(20-12-7-8-14-22-2)21-13-11-17(15-21)16-9-5-4-6-10-16/h4-6,9-10,17H,3,7-8,11-15H2,1-2H3,(H,19,20). The van der Waals surface area contributed by atoms with Gasteiger partial charge in [0, 0.05) is 32.1 Å². The molecule has 0 saturated carbocycles. The molecular weight excluding hydrogens is 290 g/mol. The third kappa shape index (κ3) is 5.24. The summed E-state index contributed by atoms with van der Waals surface area (Å²) in [5.74, 6) is 2.98. The van der Waals surface area contributed by atoms with Crippen LogP contribution in [0.3, 0.4) is 0 Å². The van der Waals surface area contributed by atoms with Crippen LogP contribution in [0, 0.1) is 0 Å². The Balaban J connectivity index is 1.88. The molecule has 2 rings (SSSR count). The van der Waals surface area contributed by atoms with E-state index in [0.717, 1.165) is 32.1 Å². The molecule has 1 N–H and O–H groups in total. The van der Waals surface area contributed by atoms with Crippen LogP contribution in [0.1, 0.15) is 37.7 Å². The Labute approximate surface area is 139 Å². The van der Waals surface area contributed by atoms with E-state index in [1.165, 1.54) is 30.6 Å². The largest absolute Gasteiger partial charge is 0.357 e. The summed E-state index contributed by atoms with van der Waals surface area (Å²) >= 11 is 1.92. The van der Waals surface area contributed by atoms with Gasteiger partial charge in [-0.3, -0.25) is 4.99 Å². The van der Waals surface area contributed by atoms with Gasteiger partial charge in [0.2, 0.25) is 0 Å². The summed E-state index contributed by atoms with van der Waals surface area (Å²) in [6, 6.07) is 10.9. The molecule has 1 aliphatic rings. The zero-order valence-corrected chi connectivity index (χ0v) is 14.7. The molecule has 0 spiro atoms. The molecule has 1 aromatic carbocycles. The Kier molecular flexibility index (Phi) is 7.64. The van der Waals surface area contributed by atoms with Crippen molar-refractivity contribution in [1.82, 2.24) is 10.2 Å².